The lowest BCUT2D eigenvalue weighted by Crippen LogP contribution is -2.03. The van der Waals surface area contributed by atoms with Crippen LogP contribution in [-0.2, 0) is 0 Å². The first kappa shape index (κ1) is 15.0. The molecule has 1 aromatic carbocycles. The fourth-order valence-electron chi connectivity index (χ4n) is 1.71. The molecule has 0 aliphatic rings. The Kier molecular flexibility index (Phi) is 4.38. The molecule has 3 aromatic rings. The van der Waals surface area contributed by atoms with Crippen LogP contribution in [0.5, 0.6) is 11.8 Å². The van der Waals surface area contributed by atoms with Gasteiger partial charge in [-0.25, -0.2) is 4.98 Å². The predicted molar refractivity (Wildman–Crippen MR) is 86.3 cm³/mol. The smallest absolute Gasteiger partial charge is 0.323 e. The van der Waals surface area contributed by atoms with Crippen molar-refractivity contribution < 1.29 is 9.53 Å². The summed E-state index contributed by atoms with van der Waals surface area (Å²) in [6.45, 7) is 0. The van der Waals surface area contributed by atoms with E-state index >= 15 is 0 Å². The molecule has 7 heteroatoms. The number of ketones is 1. The van der Waals surface area contributed by atoms with E-state index in [2.05, 4.69) is 9.97 Å². The van der Waals surface area contributed by atoms with Crippen LogP contribution in [0.3, 0.4) is 0 Å². The molecule has 0 bridgehead atoms. The Labute approximate surface area is 140 Å². The van der Waals surface area contributed by atoms with E-state index in [1.807, 2.05) is 5.38 Å². The number of benzene rings is 1. The molecule has 0 saturated heterocycles. The van der Waals surface area contributed by atoms with Crippen molar-refractivity contribution in [1.82, 2.24) is 9.97 Å². The van der Waals surface area contributed by atoms with Gasteiger partial charge < -0.3 is 4.74 Å². The molecule has 0 saturated carbocycles. The molecule has 4 nitrogen and oxygen atoms in total. The second-order valence-electron chi connectivity index (χ2n) is 4.20. The van der Waals surface area contributed by atoms with E-state index in [0.717, 1.165) is 0 Å². The molecule has 0 atom stereocenters. The number of carbonyl (C=O) groups is 1. The van der Waals surface area contributed by atoms with Crippen LogP contribution in [-0.4, -0.2) is 15.8 Å². The molecule has 0 unspecified atom stereocenters. The van der Waals surface area contributed by atoms with Crippen molar-refractivity contribution in [3.63, 3.8) is 0 Å². The maximum Gasteiger partial charge on any atom is 0.323 e. The number of hydrogen-bond acceptors (Lipinski definition) is 5. The third-order valence-electron chi connectivity index (χ3n) is 2.75. The van der Waals surface area contributed by atoms with Crippen LogP contribution in [0.4, 0.5) is 0 Å². The number of thiophene rings is 1. The van der Waals surface area contributed by atoms with Gasteiger partial charge in [0.05, 0.1) is 15.5 Å². The number of aromatic nitrogens is 2. The minimum Gasteiger partial charge on any atom is -0.423 e. The number of hydrogen-bond donors (Lipinski definition) is 0. The van der Waals surface area contributed by atoms with Gasteiger partial charge in [-0.05, 0) is 23.6 Å². The Morgan fingerprint density at radius 1 is 1.14 bits per heavy atom. The van der Waals surface area contributed by atoms with E-state index in [4.69, 9.17) is 27.9 Å². The maximum absolute atomic E-state index is 12.2. The fourth-order valence-corrected chi connectivity index (χ4v) is 2.77. The number of carbonyl (C=O) groups excluding carboxylic acids is 1. The molecule has 0 N–H and O–H groups in total. The Bertz CT molecular complexity index is 822. The SMILES string of the molecule is O=C(c1cccs1)c1cnc(Oc2ccccc2Cl)nc1Cl. The van der Waals surface area contributed by atoms with E-state index in [9.17, 15) is 4.79 Å². The Morgan fingerprint density at radius 2 is 1.95 bits per heavy atom. The Balaban J connectivity index is 1.87. The largest absolute Gasteiger partial charge is 0.423 e. The summed E-state index contributed by atoms with van der Waals surface area (Å²) in [5, 5.41) is 2.29. The van der Waals surface area contributed by atoms with Gasteiger partial charge in [-0.2, -0.15) is 4.98 Å². The van der Waals surface area contributed by atoms with Gasteiger partial charge in [0.1, 0.15) is 10.9 Å². The number of halogens is 2. The Hall–Kier alpha value is -1.95. The molecule has 110 valence electrons. The third kappa shape index (κ3) is 3.11. The first-order valence-electron chi connectivity index (χ1n) is 6.18. The Morgan fingerprint density at radius 3 is 2.64 bits per heavy atom. The highest BCUT2D eigenvalue weighted by Gasteiger charge is 2.17. The number of nitrogens with zero attached hydrogens (tertiary/aromatic N) is 2. The normalized spacial score (nSPS) is 10.5. The van der Waals surface area contributed by atoms with Crippen molar-refractivity contribution in [2.45, 2.75) is 0 Å². The molecule has 0 aliphatic carbocycles. The summed E-state index contributed by atoms with van der Waals surface area (Å²) in [6, 6.07) is 10.5. The first-order chi connectivity index (χ1) is 10.6. The fraction of sp³-hybridized carbons (Fsp3) is 0. The van der Waals surface area contributed by atoms with E-state index < -0.39 is 0 Å². The monoisotopic (exact) mass is 350 g/mol. The summed E-state index contributed by atoms with van der Waals surface area (Å²) in [4.78, 5) is 20.8. The lowest BCUT2D eigenvalue weighted by Gasteiger charge is -2.07. The van der Waals surface area contributed by atoms with Crippen LogP contribution in [0.1, 0.15) is 15.2 Å². The second kappa shape index (κ2) is 6.44. The van der Waals surface area contributed by atoms with Crippen LogP contribution in [0, 0.1) is 0 Å². The zero-order chi connectivity index (χ0) is 15.5. The number of rotatable bonds is 4. The highest BCUT2D eigenvalue weighted by Crippen LogP contribution is 2.28. The second-order valence-corrected chi connectivity index (χ2v) is 5.91. The van der Waals surface area contributed by atoms with Crippen molar-refractivity contribution in [3.8, 4) is 11.8 Å². The van der Waals surface area contributed by atoms with Crippen LogP contribution in [0.15, 0.2) is 48.0 Å². The maximum atomic E-state index is 12.2. The van der Waals surface area contributed by atoms with Gasteiger partial charge in [-0.15, -0.1) is 11.3 Å². The predicted octanol–water partition coefficient (Wildman–Crippen LogP) is 4.87. The molecular weight excluding hydrogens is 343 g/mol. The molecule has 0 spiro atoms. The van der Waals surface area contributed by atoms with Gasteiger partial charge in [0.15, 0.2) is 0 Å². The molecule has 0 aliphatic heterocycles. The molecule has 2 heterocycles. The van der Waals surface area contributed by atoms with Crippen molar-refractivity contribution in [1.29, 1.82) is 0 Å². The summed E-state index contributed by atoms with van der Waals surface area (Å²) in [7, 11) is 0. The van der Waals surface area contributed by atoms with E-state index in [1.54, 1.807) is 36.4 Å². The van der Waals surface area contributed by atoms with Gasteiger partial charge in [0.25, 0.3) is 0 Å². The van der Waals surface area contributed by atoms with E-state index in [1.165, 1.54) is 17.5 Å². The minimum absolute atomic E-state index is 0.0285. The lowest BCUT2D eigenvalue weighted by molar-refractivity contribution is 0.104. The van der Waals surface area contributed by atoms with E-state index in [-0.39, 0.29) is 22.5 Å². The molecule has 2 aromatic heterocycles. The van der Waals surface area contributed by atoms with Crippen LogP contribution >= 0.6 is 34.5 Å². The summed E-state index contributed by atoms with van der Waals surface area (Å²) >= 11 is 13.4. The minimum atomic E-state index is -0.218. The van der Waals surface area contributed by atoms with Gasteiger partial charge >= 0.3 is 6.01 Å². The highest BCUT2D eigenvalue weighted by atomic mass is 35.5. The first-order valence-corrected chi connectivity index (χ1v) is 7.82. The zero-order valence-corrected chi connectivity index (χ0v) is 13.3. The highest BCUT2D eigenvalue weighted by molar-refractivity contribution is 7.12. The van der Waals surface area contributed by atoms with Crippen molar-refractivity contribution in [3.05, 3.63) is 68.6 Å². The average molecular weight is 351 g/mol. The molecule has 3 rings (SSSR count). The lowest BCUT2D eigenvalue weighted by atomic mass is 10.2. The van der Waals surface area contributed by atoms with Crippen molar-refractivity contribution in [2.75, 3.05) is 0 Å². The van der Waals surface area contributed by atoms with Crippen LogP contribution < -0.4 is 4.74 Å². The summed E-state index contributed by atoms with van der Waals surface area (Å²) < 4.78 is 5.47. The topological polar surface area (TPSA) is 52.1 Å². The van der Waals surface area contributed by atoms with Gasteiger partial charge in [0, 0.05) is 6.20 Å². The standard InChI is InChI=1S/C15H8Cl2N2O2S/c16-10-4-1-2-5-11(10)21-15-18-8-9(14(17)19-15)13(20)12-6-3-7-22-12/h1-8H. The number of para-hydroxylation sites is 1. The zero-order valence-electron chi connectivity index (χ0n) is 11.0. The molecule has 0 radical (unpaired) electrons. The van der Waals surface area contributed by atoms with Crippen LogP contribution in [0.25, 0.3) is 0 Å². The summed E-state index contributed by atoms with van der Waals surface area (Å²) in [6.07, 6.45) is 1.35. The van der Waals surface area contributed by atoms with Gasteiger partial charge in [0.2, 0.25) is 5.78 Å². The molecular formula is C15H8Cl2N2O2S. The average Bonchev–Trinajstić information content (AvgIpc) is 3.03. The van der Waals surface area contributed by atoms with Crippen molar-refractivity contribution in [2.24, 2.45) is 0 Å². The molecule has 0 fully saturated rings. The summed E-state index contributed by atoms with van der Waals surface area (Å²) in [5.41, 5.74) is 0.232. The molecule has 0 amide bonds. The summed E-state index contributed by atoms with van der Waals surface area (Å²) in [5.74, 6) is 0.196. The third-order valence-corrected chi connectivity index (χ3v) is 4.22. The molecule has 22 heavy (non-hydrogen) atoms. The van der Waals surface area contributed by atoms with Gasteiger partial charge in [-0.1, -0.05) is 41.4 Å². The van der Waals surface area contributed by atoms with Crippen molar-refractivity contribution >= 4 is 40.3 Å². The van der Waals surface area contributed by atoms with Crippen LogP contribution in [0.2, 0.25) is 10.2 Å². The van der Waals surface area contributed by atoms with Gasteiger partial charge in [-0.3, -0.25) is 4.79 Å². The van der Waals surface area contributed by atoms with E-state index in [0.29, 0.717) is 15.6 Å². The number of ether oxygens (including phenoxy) is 1. The quantitative estimate of drug-likeness (QED) is 0.497.